The van der Waals surface area contributed by atoms with E-state index in [2.05, 4.69) is 20.8 Å². The summed E-state index contributed by atoms with van der Waals surface area (Å²) in [5.74, 6) is -0.550. The number of carboxylic acid groups (broad SMARTS) is 1. The third-order valence-electron chi connectivity index (χ3n) is 2.95. The van der Waals surface area contributed by atoms with E-state index in [-0.39, 0.29) is 11.8 Å². The molecule has 0 aliphatic carbocycles. The lowest BCUT2D eigenvalue weighted by Crippen LogP contribution is -2.32. The largest absolute Gasteiger partial charge is 0.495 e. The molecule has 0 spiro atoms. The van der Waals surface area contributed by atoms with Crippen LogP contribution in [0, 0.1) is 0 Å². The van der Waals surface area contributed by atoms with Crippen LogP contribution in [0.25, 0.3) is 0 Å². The predicted octanol–water partition coefficient (Wildman–Crippen LogP) is 2.60. The first-order valence-electron chi connectivity index (χ1n) is 6.02. The zero-order valence-corrected chi connectivity index (χ0v) is 12.4. The Balaban J connectivity index is 3.27. The zero-order chi connectivity index (χ0) is 14.8. The van der Waals surface area contributed by atoms with Crippen molar-refractivity contribution < 1.29 is 14.6 Å². The molecular formula is C14H20ClNO3. The Morgan fingerprint density at radius 1 is 1.47 bits per heavy atom. The Morgan fingerprint density at radius 2 is 2.05 bits per heavy atom. The molecule has 0 amide bonds. The lowest BCUT2D eigenvalue weighted by atomic mass is 9.85. The number of nitrogens with two attached hydrogens (primary N) is 1. The minimum absolute atomic E-state index is 0.0853. The van der Waals surface area contributed by atoms with E-state index in [0.717, 1.165) is 11.1 Å². The van der Waals surface area contributed by atoms with Gasteiger partial charge in [-0.1, -0.05) is 38.4 Å². The van der Waals surface area contributed by atoms with Gasteiger partial charge in [-0.25, -0.2) is 0 Å². The van der Waals surface area contributed by atoms with Gasteiger partial charge in [-0.05, 0) is 22.6 Å². The summed E-state index contributed by atoms with van der Waals surface area (Å²) in [6.07, 6.45) is 0.183. The molecule has 19 heavy (non-hydrogen) atoms. The maximum atomic E-state index is 10.9. The van der Waals surface area contributed by atoms with Crippen molar-refractivity contribution in [2.24, 2.45) is 5.73 Å². The number of methoxy groups -OCH3 is 1. The molecule has 0 saturated heterocycles. The molecule has 1 aromatic carbocycles. The SMILES string of the molecule is COc1c(Cl)cc(C(C)(C)C)cc1CC(N)C(=O)O. The van der Waals surface area contributed by atoms with Crippen LogP contribution in [0.2, 0.25) is 5.02 Å². The summed E-state index contributed by atoms with van der Waals surface area (Å²) in [6.45, 7) is 6.18. The number of halogens is 1. The standard InChI is InChI=1S/C14H20ClNO3/c1-14(2,3)9-5-8(6-11(16)13(17)18)12(19-4)10(15)7-9/h5,7,11H,6,16H2,1-4H3,(H,17,18). The Hall–Kier alpha value is -1.26. The number of hydrogen-bond acceptors (Lipinski definition) is 3. The van der Waals surface area contributed by atoms with E-state index in [1.807, 2.05) is 12.1 Å². The molecule has 0 bridgehead atoms. The van der Waals surface area contributed by atoms with E-state index in [9.17, 15) is 4.79 Å². The molecule has 1 atom stereocenters. The molecule has 106 valence electrons. The summed E-state index contributed by atoms with van der Waals surface area (Å²) in [5, 5.41) is 9.38. The van der Waals surface area contributed by atoms with Gasteiger partial charge in [-0.3, -0.25) is 4.79 Å². The Labute approximate surface area is 118 Å². The number of ether oxygens (including phenoxy) is 1. The molecule has 4 nitrogen and oxygen atoms in total. The third-order valence-corrected chi connectivity index (χ3v) is 3.23. The van der Waals surface area contributed by atoms with E-state index in [1.165, 1.54) is 7.11 Å². The second kappa shape index (κ2) is 5.80. The molecule has 1 unspecified atom stereocenters. The van der Waals surface area contributed by atoms with Crippen molar-refractivity contribution in [1.82, 2.24) is 0 Å². The van der Waals surface area contributed by atoms with E-state index in [0.29, 0.717) is 10.8 Å². The maximum Gasteiger partial charge on any atom is 0.320 e. The van der Waals surface area contributed by atoms with Crippen molar-refractivity contribution in [1.29, 1.82) is 0 Å². The molecule has 3 N–H and O–H groups in total. The van der Waals surface area contributed by atoms with Crippen molar-refractivity contribution in [3.8, 4) is 5.75 Å². The lowest BCUT2D eigenvalue weighted by molar-refractivity contribution is -0.138. The average molecular weight is 286 g/mol. The lowest BCUT2D eigenvalue weighted by Gasteiger charge is -2.22. The average Bonchev–Trinajstić information content (AvgIpc) is 2.27. The van der Waals surface area contributed by atoms with E-state index in [4.69, 9.17) is 27.2 Å². The molecular weight excluding hydrogens is 266 g/mol. The molecule has 1 aromatic rings. The van der Waals surface area contributed by atoms with Crippen molar-refractivity contribution >= 4 is 17.6 Å². The van der Waals surface area contributed by atoms with Crippen LogP contribution < -0.4 is 10.5 Å². The summed E-state index contributed by atoms with van der Waals surface area (Å²) in [4.78, 5) is 10.9. The van der Waals surface area contributed by atoms with Crippen molar-refractivity contribution in [3.05, 3.63) is 28.3 Å². The summed E-state index contributed by atoms with van der Waals surface area (Å²) >= 11 is 6.19. The number of aliphatic carboxylic acids is 1. The van der Waals surface area contributed by atoms with Gasteiger partial charge in [-0.15, -0.1) is 0 Å². The molecule has 0 aliphatic rings. The van der Waals surface area contributed by atoms with Crippen LogP contribution in [0.4, 0.5) is 0 Å². The normalized spacial score (nSPS) is 13.2. The van der Waals surface area contributed by atoms with Gasteiger partial charge in [0.15, 0.2) is 0 Å². The van der Waals surface area contributed by atoms with Gasteiger partial charge in [0.1, 0.15) is 11.8 Å². The highest BCUT2D eigenvalue weighted by Crippen LogP contribution is 2.35. The maximum absolute atomic E-state index is 10.9. The Kier molecular flexibility index (Phi) is 4.82. The summed E-state index contributed by atoms with van der Waals surface area (Å²) in [5.41, 5.74) is 7.23. The van der Waals surface area contributed by atoms with Gasteiger partial charge in [0.2, 0.25) is 0 Å². The summed E-state index contributed by atoms with van der Waals surface area (Å²) in [7, 11) is 1.51. The number of hydrogen-bond donors (Lipinski definition) is 2. The van der Waals surface area contributed by atoms with Gasteiger partial charge >= 0.3 is 5.97 Å². The van der Waals surface area contributed by atoms with Crippen LogP contribution in [-0.4, -0.2) is 24.2 Å². The van der Waals surface area contributed by atoms with Crippen molar-refractivity contribution in [3.63, 3.8) is 0 Å². The van der Waals surface area contributed by atoms with Gasteiger partial charge in [0.05, 0.1) is 12.1 Å². The van der Waals surface area contributed by atoms with Crippen LogP contribution in [0.1, 0.15) is 31.9 Å². The number of rotatable bonds is 4. The topological polar surface area (TPSA) is 72.5 Å². The second-order valence-corrected chi connectivity index (χ2v) is 5.96. The Bertz CT molecular complexity index is 480. The fourth-order valence-corrected chi connectivity index (χ4v) is 2.10. The van der Waals surface area contributed by atoms with Crippen molar-refractivity contribution in [2.75, 3.05) is 7.11 Å². The highest BCUT2D eigenvalue weighted by atomic mass is 35.5. The first-order valence-corrected chi connectivity index (χ1v) is 6.40. The smallest absolute Gasteiger partial charge is 0.320 e. The van der Waals surface area contributed by atoms with E-state index >= 15 is 0 Å². The number of carbonyl (C=O) groups is 1. The fourth-order valence-electron chi connectivity index (χ4n) is 1.79. The molecule has 5 heteroatoms. The monoisotopic (exact) mass is 285 g/mol. The molecule has 0 saturated carbocycles. The quantitative estimate of drug-likeness (QED) is 0.892. The third kappa shape index (κ3) is 3.85. The van der Waals surface area contributed by atoms with Crippen LogP contribution in [0.3, 0.4) is 0 Å². The predicted molar refractivity (Wildman–Crippen MR) is 76.0 cm³/mol. The summed E-state index contributed by atoms with van der Waals surface area (Å²) in [6, 6.07) is 2.78. The first-order chi connectivity index (χ1) is 8.66. The van der Waals surface area contributed by atoms with Crippen LogP contribution in [-0.2, 0) is 16.6 Å². The minimum atomic E-state index is -1.04. The number of benzene rings is 1. The highest BCUT2D eigenvalue weighted by Gasteiger charge is 2.21. The van der Waals surface area contributed by atoms with E-state index in [1.54, 1.807) is 0 Å². The van der Waals surface area contributed by atoms with Gasteiger partial charge < -0.3 is 15.6 Å². The van der Waals surface area contributed by atoms with Gasteiger partial charge in [0, 0.05) is 6.42 Å². The van der Waals surface area contributed by atoms with Gasteiger partial charge in [0.25, 0.3) is 0 Å². The second-order valence-electron chi connectivity index (χ2n) is 5.55. The minimum Gasteiger partial charge on any atom is -0.495 e. The van der Waals surface area contributed by atoms with Crippen LogP contribution >= 0.6 is 11.6 Å². The first kappa shape index (κ1) is 15.8. The zero-order valence-electron chi connectivity index (χ0n) is 11.7. The van der Waals surface area contributed by atoms with Crippen LogP contribution in [0.5, 0.6) is 5.75 Å². The van der Waals surface area contributed by atoms with Crippen LogP contribution in [0.15, 0.2) is 12.1 Å². The van der Waals surface area contributed by atoms with Gasteiger partial charge in [-0.2, -0.15) is 0 Å². The van der Waals surface area contributed by atoms with E-state index < -0.39 is 12.0 Å². The number of carboxylic acids is 1. The molecule has 0 heterocycles. The summed E-state index contributed by atoms with van der Waals surface area (Å²) < 4.78 is 5.24. The molecule has 0 aliphatic heterocycles. The fraction of sp³-hybridized carbons (Fsp3) is 0.500. The molecule has 0 radical (unpaired) electrons. The Morgan fingerprint density at radius 3 is 2.47 bits per heavy atom. The van der Waals surface area contributed by atoms with Crippen molar-refractivity contribution in [2.45, 2.75) is 38.6 Å². The highest BCUT2D eigenvalue weighted by molar-refractivity contribution is 6.32. The molecule has 1 rings (SSSR count). The molecule has 0 aromatic heterocycles. The molecule has 0 fully saturated rings.